The molecular weight excluding hydrogens is 230 g/mol. The summed E-state index contributed by atoms with van der Waals surface area (Å²) >= 11 is 0. The third-order valence-corrected chi connectivity index (χ3v) is 3.29. The summed E-state index contributed by atoms with van der Waals surface area (Å²) in [6.07, 6.45) is 2.67. The van der Waals surface area contributed by atoms with Gasteiger partial charge in [0.1, 0.15) is 18.1 Å². The minimum Gasteiger partial charge on any atom is -0.497 e. The Morgan fingerprint density at radius 2 is 1.78 bits per heavy atom. The molecule has 0 heterocycles. The van der Waals surface area contributed by atoms with Crippen molar-refractivity contribution < 1.29 is 14.2 Å². The monoisotopic (exact) mass is 251 g/mol. The van der Waals surface area contributed by atoms with Gasteiger partial charge in [-0.1, -0.05) is 0 Å². The van der Waals surface area contributed by atoms with Gasteiger partial charge in [0.05, 0.1) is 13.2 Å². The largest absolute Gasteiger partial charge is 0.497 e. The van der Waals surface area contributed by atoms with Crippen molar-refractivity contribution in [1.29, 1.82) is 0 Å². The Bertz CT molecular complexity index is 347. The van der Waals surface area contributed by atoms with Crippen LogP contribution in [0.5, 0.6) is 11.5 Å². The minimum absolute atomic E-state index is 0.449. The van der Waals surface area contributed by atoms with Crippen LogP contribution in [-0.4, -0.2) is 39.5 Å². The van der Waals surface area contributed by atoms with Crippen LogP contribution < -0.4 is 14.8 Å². The highest BCUT2D eigenvalue weighted by atomic mass is 16.5. The molecule has 0 spiro atoms. The first-order valence-electron chi connectivity index (χ1n) is 6.35. The molecular formula is C14H21NO3. The number of rotatable bonds is 7. The maximum absolute atomic E-state index is 5.63. The topological polar surface area (TPSA) is 39.7 Å². The summed E-state index contributed by atoms with van der Waals surface area (Å²) in [6.45, 7) is 1.55. The highest BCUT2D eigenvalue weighted by molar-refractivity contribution is 5.31. The fraction of sp³-hybridized carbons (Fsp3) is 0.571. The molecule has 1 aromatic carbocycles. The first kappa shape index (κ1) is 13.2. The molecule has 18 heavy (non-hydrogen) atoms. The zero-order chi connectivity index (χ0) is 12.8. The lowest BCUT2D eigenvalue weighted by Gasteiger charge is -2.34. The lowest BCUT2D eigenvalue weighted by molar-refractivity contribution is 0.0167. The van der Waals surface area contributed by atoms with Crippen molar-refractivity contribution in [2.45, 2.75) is 25.0 Å². The summed E-state index contributed by atoms with van der Waals surface area (Å²) in [6, 6.07) is 8.23. The Hall–Kier alpha value is -1.26. The van der Waals surface area contributed by atoms with Gasteiger partial charge in [0, 0.05) is 19.7 Å². The summed E-state index contributed by atoms with van der Waals surface area (Å²) in [4.78, 5) is 0. The van der Waals surface area contributed by atoms with Gasteiger partial charge in [-0.25, -0.2) is 0 Å². The van der Waals surface area contributed by atoms with Crippen molar-refractivity contribution in [2.24, 2.45) is 0 Å². The average molecular weight is 251 g/mol. The molecule has 0 bridgehead atoms. The van der Waals surface area contributed by atoms with E-state index in [9.17, 15) is 0 Å². The number of benzene rings is 1. The summed E-state index contributed by atoms with van der Waals surface area (Å²) in [7, 11) is 3.43. The highest BCUT2D eigenvalue weighted by Gasteiger charge is 2.27. The van der Waals surface area contributed by atoms with Gasteiger partial charge in [0.25, 0.3) is 0 Å². The van der Waals surface area contributed by atoms with E-state index >= 15 is 0 Å². The van der Waals surface area contributed by atoms with Gasteiger partial charge in [0.15, 0.2) is 0 Å². The molecule has 2 rings (SSSR count). The van der Waals surface area contributed by atoms with E-state index < -0.39 is 0 Å². The summed E-state index contributed by atoms with van der Waals surface area (Å²) in [5, 5.41) is 3.45. The van der Waals surface area contributed by atoms with Crippen LogP contribution >= 0.6 is 0 Å². The van der Waals surface area contributed by atoms with Crippen molar-refractivity contribution in [1.82, 2.24) is 5.32 Å². The molecule has 1 aliphatic rings. The molecule has 4 nitrogen and oxygen atoms in total. The molecule has 0 unspecified atom stereocenters. The van der Waals surface area contributed by atoms with E-state index in [1.54, 1.807) is 14.2 Å². The number of hydrogen-bond acceptors (Lipinski definition) is 4. The molecule has 1 N–H and O–H groups in total. The number of ether oxygens (including phenoxy) is 3. The molecule has 1 saturated carbocycles. The Morgan fingerprint density at radius 1 is 1.11 bits per heavy atom. The third-order valence-electron chi connectivity index (χ3n) is 3.29. The molecule has 0 aliphatic heterocycles. The van der Waals surface area contributed by atoms with Gasteiger partial charge in [-0.05, 0) is 37.1 Å². The first-order valence-corrected chi connectivity index (χ1v) is 6.35. The molecule has 0 aromatic heterocycles. The predicted octanol–water partition coefficient (Wildman–Crippen LogP) is 1.84. The van der Waals surface area contributed by atoms with Gasteiger partial charge in [0.2, 0.25) is 0 Å². The fourth-order valence-corrected chi connectivity index (χ4v) is 2.03. The molecule has 1 fully saturated rings. The van der Waals surface area contributed by atoms with E-state index in [1.807, 2.05) is 24.3 Å². The van der Waals surface area contributed by atoms with Crippen LogP contribution in [-0.2, 0) is 4.74 Å². The van der Waals surface area contributed by atoms with Crippen molar-refractivity contribution in [3.63, 3.8) is 0 Å². The van der Waals surface area contributed by atoms with E-state index in [2.05, 4.69) is 5.32 Å². The number of hydrogen-bond donors (Lipinski definition) is 1. The van der Waals surface area contributed by atoms with Crippen LogP contribution in [0.3, 0.4) is 0 Å². The van der Waals surface area contributed by atoms with Gasteiger partial charge >= 0.3 is 0 Å². The normalized spacial score (nSPS) is 22.3. The standard InChI is InChI=1S/C14H21NO3/c1-16-12-3-5-13(6-4-12)18-8-7-15-11-9-14(10-11)17-2/h3-6,11,14-15H,7-10H2,1-2H3. The molecule has 100 valence electrons. The van der Waals surface area contributed by atoms with E-state index in [0.717, 1.165) is 30.9 Å². The van der Waals surface area contributed by atoms with E-state index in [1.165, 1.54) is 0 Å². The second-order valence-electron chi connectivity index (χ2n) is 4.50. The lowest BCUT2D eigenvalue weighted by atomic mass is 9.89. The maximum atomic E-state index is 5.63. The smallest absolute Gasteiger partial charge is 0.119 e. The van der Waals surface area contributed by atoms with E-state index in [-0.39, 0.29) is 0 Å². The average Bonchev–Trinajstić information content (AvgIpc) is 2.37. The number of nitrogens with one attached hydrogen (secondary N) is 1. The van der Waals surface area contributed by atoms with Crippen molar-refractivity contribution in [2.75, 3.05) is 27.4 Å². The Labute approximate surface area is 108 Å². The van der Waals surface area contributed by atoms with Gasteiger partial charge in [-0.15, -0.1) is 0 Å². The van der Waals surface area contributed by atoms with Crippen LogP contribution in [0, 0.1) is 0 Å². The van der Waals surface area contributed by atoms with E-state index in [0.29, 0.717) is 18.8 Å². The predicted molar refractivity (Wildman–Crippen MR) is 70.3 cm³/mol. The molecule has 4 heteroatoms. The summed E-state index contributed by atoms with van der Waals surface area (Å²) < 4.78 is 15.9. The molecule has 1 aromatic rings. The molecule has 0 atom stereocenters. The Morgan fingerprint density at radius 3 is 2.39 bits per heavy atom. The van der Waals surface area contributed by atoms with Crippen LogP contribution in [0.1, 0.15) is 12.8 Å². The fourth-order valence-electron chi connectivity index (χ4n) is 2.03. The van der Waals surface area contributed by atoms with Gasteiger partial charge in [-0.3, -0.25) is 0 Å². The third kappa shape index (κ3) is 3.62. The molecule has 1 aliphatic carbocycles. The van der Waals surface area contributed by atoms with Crippen molar-refractivity contribution >= 4 is 0 Å². The van der Waals surface area contributed by atoms with Crippen LogP contribution in [0.25, 0.3) is 0 Å². The van der Waals surface area contributed by atoms with Gasteiger partial charge < -0.3 is 19.5 Å². The molecule has 0 saturated heterocycles. The van der Waals surface area contributed by atoms with Crippen molar-refractivity contribution in [3.8, 4) is 11.5 Å². The maximum Gasteiger partial charge on any atom is 0.119 e. The van der Waals surface area contributed by atoms with Crippen LogP contribution in [0.4, 0.5) is 0 Å². The summed E-state index contributed by atoms with van der Waals surface area (Å²) in [5.41, 5.74) is 0. The highest BCUT2D eigenvalue weighted by Crippen LogP contribution is 2.22. The molecule has 0 radical (unpaired) electrons. The van der Waals surface area contributed by atoms with E-state index in [4.69, 9.17) is 14.2 Å². The lowest BCUT2D eigenvalue weighted by Crippen LogP contribution is -2.46. The van der Waals surface area contributed by atoms with Gasteiger partial charge in [-0.2, -0.15) is 0 Å². The zero-order valence-electron chi connectivity index (χ0n) is 11.0. The van der Waals surface area contributed by atoms with Crippen molar-refractivity contribution in [3.05, 3.63) is 24.3 Å². The molecule has 0 amide bonds. The number of methoxy groups -OCH3 is 2. The minimum atomic E-state index is 0.449. The zero-order valence-corrected chi connectivity index (χ0v) is 11.0. The SMILES string of the molecule is COc1ccc(OCCNC2CC(OC)C2)cc1. The summed E-state index contributed by atoms with van der Waals surface area (Å²) in [5.74, 6) is 1.72. The van der Waals surface area contributed by atoms with Crippen LogP contribution in [0.15, 0.2) is 24.3 Å². The van der Waals surface area contributed by atoms with Crippen LogP contribution in [0.2, 0.25) is 0 Å². The second kappa shape index (κ2) is 6.61. The quantitative estimate of drug-likeness (QED) is 0.751. The second-order valence-corrected chi connectivity index (χ2v) is 4.50. The Balaban J connectivity index is 1.57. The Kier molecular flexibility index (Phi) is 4.84. The first-order chi connectivity index (χ1) is 8.81.